The second kappa shape index (κ2) is 8.01. The van der Waals surface area contributed by atoms with E-state index < -0.39 is 5.97 Å². The summed E-state index contributed by atoms with van der Waals surface area (Å²) in [6, 6.07) is 15.4. The molecule has 26 heavy (non-hydrogen) atoms. The molecule has 0 bridgehead atoms. The molecule has 0 fully saturated rings. The fraction of sp³-hybridized carbons (Fsp3) is 0.200. The Labute approximate surface area is 155 Å². The minimum absolute atomic E-state index is 0.358. The number of benzene rings is 2. The molecule has 1 N–H and O–H groups in total. The van der Waals surface area contributed by atoms with Gasteiger partial charge in [0.05, 0.1) is 10.6 Å². The number of hydrogen-bond acceptors (Lipinski definition) is 5. The normalized spacial score (nSPS) is 10.5. The SMILES string of the molecule is Cc1cc(OCc2sc(-c3ccccc3)nc2C)ccc1OCC(=O)O. The Morgan fingerprint density at radius 2 is 1.88 bits per heavy atom. The van der Waals surface area contributed by atoms with Gasteiger partial charge in [-0.2, -0.15) is 0 Å². The quantitative estimate of drug-likeness (QED) is 0.665. The van der Waals surface area contributed by atoms with Crippen LogP contribution in [-0.4, -0.2) is 22.7 Å². The zero-order valence-corrected chi connectivity index (χ0v) is 15.4. The molecular weight excluding hydrogens is 350 g/mol. The van der Waals surface area contributed by atoms with Crippen molar-refractivity contribution in [1.29, 1.82) is 0 Å². The molecule has 1 heterocycles. The predicted molar refractivity (Wildman–Crippen MR) is 101 cm³/mol. The second-order valence-electron chi connectivity index (χ2n) is 5.79. The summed E-state index contributed by atoms with van der Waals surface area (Å²) in [4.78, 5) is 16.3. The van der Waals surface area contributed by atoms with Crippen molar-refractivity contribution in [1.82, 2.24) is 4.98 Å². The van der Waals surface area contributed by atoms with Gasteiger partial charge in [-0.05, 0) is 37.6 Å². The Morgan fingerprint density at radius 3 is 2.58 bits per heavy atom. The van der Waals surface area contributed by atoms with Gasteiger partial charge in [-0.25, -0.2) is 9.78 Å². The maximum atomic E-state index is 10.6. The fourth-order valence-electron chi connectivity index (χ4n) is 2.43. The highest BCUT2D eigenvalue weighted by molar-refractivity contribution is 7.15. The topological polar surface area (TPSA) is 68.7 Å². The Hall–Kier alpha value is -2.86. The van der Waals surface area contributed by atoms with Crippen LogP contribution in [0.5, 0.6) is 11.5 Å². The van der Waals surface area contributed by atoms with Crippen LogP contribution in [0.25, 0.3) is 10.6 Å². The van der Waals surface area contributed by atoms with Gasteiger partial charge in [-0.1, -0.05) is 30.3 Å². The number of nitrogens with zero attached hydrogens (tertiary/aromatic N) is 1. The summed E-state index contributed by atoms with van der Waals surface area (Å²) >= 11 is 1.62. The number of aromatic nitrogens is 1. The lowest BCUT2D eigenvalue weighted by Crippen LogP contribution is -2.10. The molecule has 0 amide bonds. The predicted octanol–water partition coefficient (Wildman–Crippen LogP) is 4.47. The number of carbonyl (C=O) groups is 1. The van der Waals surface area contributed by atoms with E-state index in [4.69, 9.17) is 14.6 Å². The molecule has 0 saturated heterocycles. The molecule has 0 atom stereocenters. The smallest absolute Gasteiger partial charge is 0.341 e. The molecule has 3 aromatic rings. The van der Waals surface area contributed by atoms with Crippen LogP contribution in [0.3, 0.4) is 0 Å². The summed E-state index contributed by atoms with van der Waals surface area (Å²) < 4.78 is 11.1. The number of ether oxygens (including phenoxy) is 2. The number of carboxylic acid groups (broad SMARTS) is 1. The van der Waals surface area contributed by atoms with Crippen LogP contribution in [0.2, 0.25) is 0 Å². The maximum absolute atomic E-state index is 10.6. The monoisotopic (exact) mass is 369 g/mol. The van der Waals surface area contributed by atoms with Gasteiger partial charge in [0, 0.05) is 5.56 Å². The highest BCUT2D eigenvalue weighted by Gasteiger charge is 2.11. The maximum Gasteiger partial charge on any atom is 0.341 e. The molecule has 0 radical (unpaired) electrons. The van der Waals surface area contributed by atoms with Crippen LogP contribution in [0.15, 0.2) is 48.5 Å². The molecule has 0 aliphatic heterocycles. The lowest BCUT2D eigenvalue weighted by Gasteiger charge is -2.10. The lowest BCUT2D eigenvalue weighted by atomic mass is 10.2. The van der Waals surface area contributed by atoms with Gasteiger partial charge in [0.1, 0.15) is 23.1 Å². The molecular formula is C20H19NO4S. The van der Waals surface area contributed by atoms with Crippen LogP contribution in [-0.2, 0) is 11.4 Å². The first kappa shape index (κ1) is 17.9. The summed E-state index contributed by atoms with van der Waals surface area (Å²) in [6.45, 7) is 3.92. The van der Waals surface area contributed by atoms with Crippen LogP contribution in [0.1, 0.15) is 16.1 Å². The molecule has 3 rings (SSSR count). The van der Waals surface area contributed by atoms with Crippen molar-refractivity contribution in [2.75, 3.05) is 6.61 Å². The average Bonchev–Trinajstić information content (AvgIpc) is 3.00. The fourth-order valence-corrected chi connectivity index (χ4v) is 3.41. The largest absolute Gasteiger partial charge is 0.488 e. The Kier molecular flexibility index (Phi) is 5.53. The van der Waals surface area contributed by atoms with Gasteiger partial charge in [0.2, 0.25) is 0 Å². The molecule has 5 nitrogen and oxygen atoms in total. The number of rotatable bonds is 7. The third kappa shape index (κ3) is 4.40. The third-order valence-electron chi connectivity index (χ3n) is 3.78. The molecule has 134 valence electrons. The Morgan fingerprint density at radius 1 is 1.12 bits per heavy atom. The Balaban J connectivity index is 1.67. The number of hydrogen-bond donors (Lipinski definition) is 1. The van der Waals surface area contributed by atoms with E-state index in [9.17, 15) is 4.79 Å². The van der Waals surface area contributed by atoms with E-state index in [0.29, 0.717) is 18.1 Å². The van der Waals surface area contributed by atoms with Crippen molar-refractivity contribution in [3.05, 3.63) is 64.7 Å². The van der Waals surface area contributed by atoms with E-state index in [1.54, 1.807) is 23.5 Å². The molecule has 2 aromatic carbocycles. The lowest BCUT2D eigenvalue weighted by molar-refractivity contribution is -0.139. The minimum Gasteiger partial charge on any atom is -0.488 e. The molecule has 0 saturated carbocycles. The number of thiazole rings is 1. The average molecular weight is 369 g/mol. The van der Waals surface area contributed by atoms with Crippen molar-refractivity contribution < 1.29 is 19.4 Å². The standard InChI is InChI=1S/C20H19NO4S/c1-13-10-16(8-9-17(13)25-12-19(22)23)24-11-18-14(2)21-20(26-18)15-6-4-3-5-7-15/h3-10H,11-12H2,1-2H3,(H,22,23). The van der Waals surface area contributed by atoms with E-state index in [1.807, 2.05) is 50.2 Å². The van der Waals surface area contributed by atoms with Crippen LogP contribution >= 0.6 is 11.3 Å². The van der Waals surface area contributed by atoms with Crippen molar-refractivity contribution in [3.8, 4) is 22.1 Å². The van der Waals surface area contributed by atoms with E-state index >= 15 is 0 Å². The van der Waals surface area contributed by atoms with Crippen molar-refractivity contribution >= 4 is 17.3 Å². The van der Waals surface area contributed by atoms with Crippen molar-refractivity contribution in [3.63, 3.8) is 0 Å². The molecule has 0 aliphatic rings. The number of aliphatic carboxylic acids is 1. The first-order valence-corrected chi connectivity index (χ1v) is 8.94. The molecule has 0 aliphatic carbocycles. The summed E-state index contributed by atoms with van der Waals surface area (Å²) in [5.74, 6) is 0.249. The van der Waals surface area contributed by atoms with Crippen LogP contribution in [0, 0.1) is 13.8 Å². The van der Waals surface area contributed by atoms with E-state index in [1.165, 1.54) is 0 Å². The highest BCUT2D eigenvalue weighted by atomic mass is 32.1. The molecule has 0 unspecified atom stereocenters. The van der Waals surface area contributed by atoms with E-state index in [-0.39, 0.29) is 6.61 Å². The molecule has 1 aromatic heterocycles. The zero-order valence-electron chi connectivity index (χ0n) is 14.6. The first-order chi connectivity index (χ1) is 12.5. The third-order valence-corrected chi connectivity index (χ3v) is 4.96. The van der Waals surface area contributed by atoms with Gasteiger partial charge >= 0.3 is 5.97 Å². The summed E-state index contributed by atoms with van der Waals surface area (Å²) in [7, 11) is 0. The first-order valence-electron chi connectivity index (χ1n) is 8.12. The second-order valence-corrected chi connectivity index (χ2v) is 6.88. The zero-order chi connectivity index (χ0) is 18.5. The molecule has 6 heteroatoms. The van der Waals surface area contributed by atoms with Crippen molar-refractivity contribution in [2.45, 2.75) is 20.5 Å². The van der Waals surface area contributed by atoms with E-state index in [0.717, 1.165) is 26.7 Å². The van der Waals surface area contributed by atoms with Gasteiger partial charge in [-0.3, -0.25) is 0 Å². The summed E-state index contributed by atoms with van der Waals surface area (Å²) in [5.41, 5.74) is 2.89. The minimum atomic E-state index is -1.00. The van der Waals surface area contributed by atoms with Gasteiger partial charge in [0.25, 0.3) is 0 Å². The highest BCUT2D eigenvalue weighted by Crippen LogP contribution is 2.29. The van der Waals surface area contributed by atoms with Crippen molar-refractivity contribution in [2.24, 2.45) is 0 Å². The van der Waals surface area contributed by atoms with Crippen LogP contribution in [0.4, 0.5) is 0 Å². The number of aryl methyl sites for hydroxylation is 2. The van der Waals surface area contributed by atoms with Crippen LogP contribution < -0.4 is 9.47 Å². The van der Waals surface area contributed by atoms with E-state index in [2.05, 4.69) is 4.98 Å². The van der Waals surface area contributed by atoms with Gasteiger partial charge < -0.3 is 14.6 Å². The Bertz CT molecular complexity index is 905. The summed E-state index contributed by atoms with van der Waals surface area (Å²) in [6.07, 6.45) is 0. The number of carboxylic acids is 1. The summed E-state index contributed by atoms with van der Waals surface area (Å²) in [5, 5.41) is 9.67. The molecule has 0 spiro atoms. The van der Waals surface area contributed by atoms with Gasteiger partial charge in [-0.15, -0.1) is 11.3 Å². The van der Waals surface area contributed by atoms with Gasteiger partial charge in [0.15, 0.2) is 6.61 Å².